The smallest absolute Gasteiger partial charge is 0.508 e. The fourth-order valence-corrected chi connectivity index (χ4v) is 2.30. The van der Waals surface area contributed by atoms with Crippen molar-refractivity contribution in [3.8, 4) is 23.0 Å². The molecule has 0 bridgehead atoms. The predicted molar refractivity (Wildman–Crippen MR) is 104 cm³/mol. The van der Waals surface area contributed by atoms with Crippen molar-refractivity contribution >= 4 is 18.1 Å². The monoisotopic (exact) mass is 408 g/mol. The maximum absolute atomic E-state index is 12.2. The zero-order chi connectivity index (χ0) is 21.5. The molecule has 0 atom stereocenters. The molecule has 0 aliphatic heterocycles. The van der Waals surface area contributed by atoms with E-state index in [1.165, 1.54) is 79.9 Å². The van der Waals surface area contributed by atoms with Crippen LogP contribution in [0.5, 0.6) is 23.0 Å². The molecule has 0 radical (unpaired) electrons. The van der Waals surface area contributed by atoms with Crippen LogP contribution in [0, 0.1) is 0 Å². The van der Waals surface area contributed by atoms with Gasteiger partial charge in [0.2, 0.25) is 0 Å². The highest BCUT2D eigenvalue weighted by Crippen LogP contribution is 2.20. The first-order chi connectivity index (χ1) is 14.4. The van der Waals surface area contributed by atoms with Crippen LogP contribution in [0.2, 0.25) is 0 Å². The Kier molecular flexibility index (Phi) is 6.29. The topological polar surface area (TPSA) is 108 Å². The molecule has 3 rings (SSSR count). The molecule has 8 heteroatoms. The number of aromatic hydroxyl groups is 1. The Morgan fingerprint density at radius 3 is 1.37 bits per heavy atom. The predicted octanol–water partition coefficient (Wildman–Crippen LogP) is 3.98. The van der Waals surface area contributed by atoms with E-state index in [1.54, 1.807) is 0 Å². The fraction of sp³-hybridized carbons (Fsp3) is 0.0455. The van der Waals surface area contributed by atoms with Crippen molar-refractivity contribution in [3.63, 3.8) is 0 Å². The van der Waals surface area contributed by atoms with E-state index >= 15 is 0 Å². The number of carbonyl (C=O) groups excluding carboxylic acids is 3. The summed E-state index contributed by atoms with van der Waals surface area (Å²) in [6.45, 7) is 0. The van der Waals surface area contributed by atoms with Gasteiger partial charge in [0.25, 0.3) is 0 Å². The zero-order valence-electron chi connectivity index (χ0n) is 15.7. The lowest BCUT2D eigenvalue weighted by molar-refractivity contribution is 0.0730. The van der Waals surface area contributed by atoms with E-state index in [0.717, 1.165) is 0 Å². The van der Waals surface area contributed by atoms with Crippen molar-refractivity contribution in [2.24, 2.45) is 0 Å². The van der Waals surface area contributed by atoms with E-state index in [-0.39, 0.29) is 34.1 Å². The van der Waals surface area contributed by atoms with E-state index < -0.39 is 18.1 Å². The van der Waals surface area contributed by atoms with Crippen molar-refractivity contribution in [3.05, 3.63) is 83.9 Å². The van der Waals surface area contributed by atoms with Gasteiger partial charge in [-0.3, -0.25) is 0 Å². The molecule has 0 aliphatic carbocycles. The van der Waals surface area contributed by atoms with Gasteiger partial charge in [-0.15, -0.1) is 0 Å². The van der Waals surface area contributed by atoms with Gasteiger partial charge in [-0.2, -0.15) is 0 Å². The second-order valence-electron chi connectivity index (χ2n) is 5.88. The van der Waals surface area contributed by atoms with Crippen molar-refractivity contribution in [2.75, 3.05) is 7.11 Å². The number of ether oxygens (including phenoxy) is 4. The Morgan fingerprint density at radius 1 is 0.600 bits per heavy atom. The molecule has 0 unspecified atom stereocenters. The number of methoxy groups -OCH3 is 1. The van der Waals surface area contributed by atoms with Gasteiger partial charge < -0.3 is 24.1 Å². The first kappa shape index (κ1) is 20.4. The summed E-state index contributed by atoms with van der Waals surface area (Å²) in [5.74, 6) is -0.427. The molecular formula is C22H16O8. The number of esters is 2. The maximum Gasteiger partial charge on any atom is 0.513 e. The van der Waals surface area contributed by atoms with Crippen LogP contribution in [0.4, 0.5) is 4.79 Å². The van der Waals surface area contributed by atoms with Crippen LogP contribution < -0.4 is 14.2 Å². The molecular weight excluding hydrogens is 392 g/mol. The molecule has 3 aromatic rings. The Morgan fingerprint density at radius 2 is 0.967 bits per heavy atom. The lowest BCUT2D eigenvalue weighted by Gasteiger charge is -2.07. The molecule has 0 saturated heterocycles. The normalized spacial score (nSPS) is 10.0. The molecule has 0 fully saturated rings. The minimum atomic E-state index is -0.866. The first-order valence-corrected chi connectivity index (χ1v) is 8.64. The van der Waals surface area contributed by atoms with Crippen LogP contribution in [-0.4, -0.2) is 30.3 Å². The highest BCUT2D eigenvalue weighted by atomic mass is 16.7. The molecule has 0 amide bonds. The molecule has 30 heavy (non-hydrogen) atoms. The van der Waals surface area contributed by atoms with Crippen LogP contribution in [0.25, 0.3) is 0 Å². The third-order valence-corrected chi connectivity index (χ3v) is 3.81. The summed E-state index contributed by atoms with van der Waals surface area (Å²) in [4.78, 5) is 35.4. The van der Waals surface area contributed by atoms with Gasteiger partial charge in [0.15, 0.2) is 0 Å². The van der Waals surface area contributed by atoms with Crippen LogP contribution in [0.3, 0.4) is 0 Å². The summed E-state index contributed by atoms with van der Waals surface area (Å²) >= 11 is 0. The van der Waals surface area contributed by atoms with Gasteiger partial charge in [-0.05, 0) is 72.8 Å². The van der Waals surface area contributed by atoms with E-state index in [2.05, 4.69) is 4.74 Å². The standard InChI is InChI=1S/C22H16O8/c1-27-22(26)30-19-10-4-15(5-11-19)20(24)28-17-8-2-14(3-9-17)21(25)29-18-12-6-16(23)7-13-18/h2-13,23H,1H3. The van der Waals surface area contributed by atoms with Gasteiger partial charge in [0.05, 0.1) is 18.2 Å². The number of benzene rings is 3. The molecule has 0 saturated carbocycles. The number of hydrogen-bond acceptors (Lipinski definition) is 8. The zero-order valence-corrected chi connectivity index (χ0v) is 15.7. The number of hydrogen-bond donors (Lipinski definition) is 1. The summed E-state index contributed by atoms with van der Waals surface area (Å²) in [7, 11) is 1.19. The number of phenolic OH excluding ortho intramolecular Hbond substituents is 1. The van der Waals surface area contributed by atoms with E-state index in [0.29, 0.717) is 0 Å². The SMILES string of the molecule is COC(=O)Oc1ccc(C(=O)Oc2ccc(C(=O)Oc3ccc(O)cc3)cc2)cc1. The highest BCUT2D eigenvalue weighted by molar-refractivity contribution is 5.92. The van der Waals surface area contributed by atoms with Gasteiger partial charge in [0.1, 0.15) is 23.0 Å². The van der Waals surface area contributed by atoms with Crippen LogP contribution in [0.15, 0.2) is 72.8 Å². The number of rotatable bonds is 5. The first-order valence-electron chi connectivity index (χ1n) is 8.64. The average Bonchev–Trinajstić information content (AvgIpc) is 2.76. The Hall–Kier alpha value is -4.33. The highest BCUT2D eigenvalue weighted by Gasteiger charge is 2.12. The van der Waals surface area contributed by atoms with Crippen molar-refractivity contribution in [1.29, 1.82) is 0 Å². The lowest BCUT2D eigenvalue weighted by atomic mass is 10.2. The van der Waals surface area contributed by atoms with Gasteiger partial charge in [-0.25, -0.2) is 14.4 Å². The summed E-state index contributed by atoms with van der Waals surface area (Å²) in [6.07, 6.45) is -0.866. The molecule has 0 spiro atoms. The quantitative estimate of drug-likeness (QED) is 0.384. The number of carbonyl (C=O) groups is 3. The minimum Gasteiger partial charge on any atom is -0.508 e. The molecule has 8 nitrogen and oxygen atoms in total. The number of phenols is 1. The van der Waals surface area contributed by atoms with Gasteiger partial charge in [-0.1, -0.05) is 0 Å². The van der Waals surface area contributed by atoms with Gasteiger partial charge >= 0.3 is 18.1 Å². The largest absolute Gasteiger partial charge is 0.513 e. The van der Waals surface area contributed by atoms with Crippen LogP contribution in [-0.2, 0) is 4.74 Å². The third kappa shape index (κ3) is 5.35. The van der Waals surface area contributed by atoms with Crippen LogP contribution in [0.1, 0.15) is 20.7 Å². The van der Waals surface area contributed by atoms with Crippen molar-refractivity contribution < 1.29 is 38.4 Å². The van der Waals surface area contributed by atoms with Crippen LogP contribution >= 0.6 is 0 Å². The van der Waals surface area contributed by atoms with E-state index in [1.807, 2.05) is 0 Å². The summed E-state index contributed by atoms with van der Waals surface area (Å²) in [6, 6.07) is 17.3. The summed E-state index contributed by atoms with van der Waals surface area (Å²) < 4.78 is 19.7. The molecule has 1 N–H and O–H groups in total. The van der Waals surface area contributed by atoms with Crippen molar-refractivity contribution in [2.45, 2.75) is 0 Å². The Labute approximate surface area is 171 Å². The van der Waals surface area contributed by atoms with E-state index in [4.69, 9.17) is 14.2 Å². The minimum absolute atomic E-state index is 0.0617. The maximum atomic E-state index is 12.2. The fourth-order valence-electron chi connectivity index (χ4n) is 2.30. The Balaban J connectivity index is 1.59. The third-order valence-electron chi connectivity index (χ3n) is 3.81. The second kappa shape index (κ2) is 9.24. The summed E-state index contributed by atoms with van der Waals surface area (Å²) in [5, 5.41) is 9.24. The van der Waals surface area contributed by atoms with Crippen molar-refractivity contribution in [1.82, 2.24) is 0 Å². The Bertz CT molecular complexity index is 1040. The molecule has 0 heterocycles. The molecule has 152 valence electrons. The molecule has 0 aromatic heterocycles. The lowest BCUT2D eigenvalue weighted by Crippen LogP contribution is -2.11. The summed E-state index contributed by atoms with van der Waals surface area (Å²) in [5.41, 5.74) is 0.496. The molecule has 3 aromatic carbocycles. The average molecular weight is 408 g/mol. The van der Waals surface area contributed by atoms with Gasteiger partial charge in [0, 0.05) is 0 Å². The molecule has 0 aliphatic rings. The second-order valence-corrected chi connectivity index (χ2v) is 5.88. The van der Waals surface area contributed by atoms with E-state index in [9.17, 15) is 19.5 Å².